The van der Waals surface area contributed by atoms with E-state index in [4.69, 9.17) is 4.74 Å². The van der Waals surface area contributed by atoms with Gasteiger partial charge in [-0.05, 0) is 57.5 Å². The molecule has 1 aromatic heterocycles. The molecule has 0 aliphatic carbocycles. The fraction of sp³-hybridized carbons (Fsp3) is 0.571. The Bertz CT molecular complexity index is 788. The Labute approximate surface area is 155 Å². The third-order valence-corrected chi connectivity index (χ3v) is 5.24. The highest BCUT2D eigenvalue weighted by molar-refractivity contribution is 5.85. The standard InChI is InChI=1S/C21H30N2O3/c1-5-6-7-8-22-19-16-10-17-15(13(2)9-14(12-24)23-17)11-18(16)26-21(3,4)20(19)25/h9-11,19-20,22,24-25H,5-8,12H2,1-4H3/t19-,20+/m0/s1. The molecule has 1 aliphatic rings. The number of nitrogens with zero attached hydrogens (tertiary/aromatic N) is 1. The Kier molecular flexibility index (Phi) is 5.51. The minimum Gasteiger partial charge on any atom is -0.485 e. The first-order chi connectivity index (χ1) is 12.4. The van der Waals surface area contributed by atoms with E-state index >= 15 is 0 Å². The number of ether oxygens (including phenoxy) is 1. The summed E-state index contributed by atoms with van der Waals surface area (Å²) in [6, 6.07) is 5.71. The van der Waals surface area contributed by atoms with E-state index in [0.29, 0.717) is 5.69 Å². The van der Waals surface area contributed by atoms with Crippen molar-refractivity contribution in [3.05, 3.63) is 35.0 Å². The molecule has 1 aliphatic heterocycles. The maximum absolute atomic E-state index is 10.9. The van der Waals surface area contributed by atoms with E-state index in [1.807, 2.05) is 39.0 Å². The van der Waals surface area contributed by atoms with Gasteiger partial charge in [0.15, 0.2) is 0 Å². The van der Waals surface area contributed by atoms with Crippen LogP contribution in [0.4, 0.5) is 0 Å². The van der Waals surface area contributed by atoms with Gasteiger partial charge in [-0.1, -0.05) is 19.8 Å². The van der Waals surface area contributed by atoms with Crippen LogP contribution in [0.3, 0.4) is 0 Å². The van der Waals surface area contributed by atoms with Crippen molar-refractivity contribution in [3.63, 3.8) is 0 Å². The molecule has 0 spiro atoms. The number of aliphatic hydroxyl groups excluding tert-OH is 2. The predicted molar refractivity (Wildman–Crippen MR) is 103 cm³/mol. The summed E-state index contributed by atoms with van der Waals surface area (Å²) in [4.78, 5) is 4.55. The van der Waals surface area contributed by atoms with Crippen LogP contribution >= 0.6 is 0 Å². The van der Waals surface area contributed by atoms with Crippen molar-refractivity contribution >= 4 is 10.9 Å². The molecule has 0 amide bonds. The van der Waals surface area contributed by atoms with E-state index in [2.05, 4.69) is 17.2 Å². The Hall–Kier alpha value is -1.69. The van der Waals surface area contributed by atoms with E-state index in [-0.39, 0.29) is 12.6 Å². The molecule has 5 heteroatoms. The van der Waals surface area contributed by atoms with Gasteiger partial charge in [0.25, 0.3) is 0 Å². The van der Waals surface area contributed by atoms with Crippen molar-refractivity contribution in [3.8, 4) is 5.75 Å². The lowest BCUT2D eigenvalue weighted by atomic mass is 9.85. The molecular weight excluding hydrogens is 328 g/mol. The number of aliphatic hydroxyl groups is 2. The number of nitrogens with one attached hydrogen (secondary N) is 1. The molecule has 26 heavy (non-hydrogen) atoms. The second kappa shape index (κ2) is 7.51. The normalized spacial score (nSPS) is 21.5. The van der Waals surface area contributed by atoms with Crippen molar-refractivity contribution < 1.29 is 14.9 Å². The van der Waals surface area contributed by atoms with Gasteiger partial charge in [-0.2, -0.15) is 0 Å². The molecule has 2 heterocycles. The van der Waals surface area contributed by atoms with Gasteiger partial charge in [0.05, 0.1) is 23.9 Å². The summed E-state index contributed by atoms with van der Waals surface area (Å²) in [6.45, 7) is 8.81. The molecule has 0 radical (unpaired) electrons. The van der Waals surface area contributed by atoms with Gasteiger partial charge in [0.2, 0.25) is 0 Å². The SMILES string of the molecule is CCCCCN[C@H]1c2cc3nc(CO)cc(C)c3cc2OC(C)(C)[C@@H]1O. The zero-order valence-electron chi connectivity index (χ0n) is 16.2. The van der Waals surface area contributed by atoms with Crippen molar-refractivity contribution in [1.82, 2.24) is 10.3 Å². The lowest BCUT2D eigenvalue weighted by Gasteiger charge is -2.42. The highest BCUT2D eigenvalue weighted by Crippen LogP contribution is 2.42. The van der Waals surface area contributed by atoms with Gasteiger partial charge in [-0.25, -0.2) is 0 Å². The van der Waals surface area contributed by atoms with Crippen molar-refractivity contribution in [1.29, 1.82) is 0 Å². The number of hydrogen-bond acceptors (Lipinski definition) is 5. The Morgan fingerprint density at radius 1 is 1.23 bits per heavy atom. The van der Waals surface area contributed by atoms with Crippen molar-refractivity contribution in [2.24, 2.45) is 0 Å². The quantitative estimate of drug-likeness (QED) is 0.690. The summed E-state index contributed by atoms with van der Waals surface area (Å²) in [7, 11) is 0. The van der Waals surface area contributed by atoms with Gasteiger partial charge in [0, 0.05) is 10.9 Å². The summed E-state index contributed by atoms with van der Waals surface area (Å²) in [5.41, 5.74) is 2.79. The number of fused-ring (bicyclic) bond motifs is 2. The first-order valence-electron chi connectivity index (χ1n) is 9.53. The average Bonchev–Trinajstić information content (AvgIpc) is 2.60. The summed E-state index contributed by atoms with van der Waals surface area (Å²) < 4.78 is 6.14. The minimum absolute atomic E-state index is 0.0846. The lowest BCUT2D eigenvalue weighted by Crippen LogP contribution is -2.52. The van der Waals surface area contributed by atoms with Gasteiger partial charge in [-0.3, -0.25) is 4.98 Å². The maximum Gasteiger partial charge on any atom is 0.131 e. The number of unbranched alkanes of at least 4 members (excludes halogenated alkanes) is 2. The summed E-state index contributed by atoms with van der Waals surface area (Å²) in [5.74, 6) is 0.794. The molecule has 1 aromatic carbocycles. The Morgan fingerprint density at radius 3 is 2.69 bits per heavy atom. The fourth-order valence-corrected chi connectivity index (χ4v) is 3.69. The second-order valence-electron chi connectivity index (χ2n) is 7.79. The average molecular weight is 358 g/mol. The van der Waals surface area contributed by atoms with Crippen LogP contribution in [-0.2, 0) is 6.61 Å². The molecule has 5 nitrogen and oxygen atoms in total. The molecule has 3 rings (SSSR count). The lowest BCUT2D eigenvalue weighted by molar-refractivity contribution is -0.0643. The number of aryl methyl sites for hydroxylation is 1. The molecule has 2 aromatic rings. The van der Waals surface area contributed by atoms with E-state index in [1.165, 1.54) is 6.42 Å². The molecule has 0 bridgehead atoms. The number of aromatic nitrogens is 1. The second-order valence-corrected chi connectivity index (χ2v) is 7.79. The molecule has 0 saturated carbocycles. The van der Waals surface area contributed by atoms with E-state index < -0.39 is 11.7 Å². The number of rotatable bonds is 6. The smallest absolute Gasteiger partial charge is 0.131 e. The van der Waals surface area contributed by atoms with Crippen LogP contribution in [0.15, 0.2) is 18.2 Å². The minimum atomic E-state index is -0.671. The largest absolute Gasteiger partial charge is 0.485 e. The molecular formula is C21H30N2O3. The molecule has 0 saturated heterocycles. The van der Waals surface area contributed by atoms with Gasteiger partial charge in [0.1, 0.15) is 17.5 Å². The fourth-order valence-electron chi connectivity index (χ4n) is 3.69. The van der Waals surface area contributed by atoms with Crippen molar-refractivity contribution in [2.45, 2.75) is 71.3 Å². The van der Waals surface area contributed by atoms with Crippen LogP contribution in [0.2, 0.25) is 0 Å². The Balaban J connectivity index is 2.04. The van der Waals surface area contributed by atoms with Gasteiger partial charge >= 0.3 is 0 Å². The van der Waals surface area contributed by atoms with Gasteiger partial charge in [-0.15, -0.1) is 0 Å². The van der Waals surface area contributed by atoms with Crippen LogP contribution in [0.5, 0.6) is 5.75 Å². The zero-order chi connectivity index (χ0) is 18.9. The topological polar surface area (TPSA) is 74.6 Å². The van der Waals surface area contributed by atoms with E-state index in [1.54, 1.807) is 0 Å². The molecule has 0 unspecified atom stereocenters. The first-order valence-corrected chi connectivity index (χ1v) is 9.53. The van der Waals surface area contributed by atoms with E-state index in [0.717, 1.165) is 47.2 Å². The van der Waals surface area contributed by atoms with E-state index in [9.17, 15) is 10.2 Å². The highest BCUT2D eigenvalue weighted by Gasteiger charge is 2.42. The summed E-state index contributed by atoms with van der Waals surface area (Å²) in [6.07, 6.45) is 2.76. The van der Waals surface area contributed by atoms with Crippen LogP contribution < -0.4 is 10.1 Å². The van der Waals surface area contributed by atoms with Crippen LogP contribution in [0.1, 0.15) is 62.9 Å². The number of pyridine rings is 1. The third-order valence-electron chi connectivity index (χ3n) is 5.24. The summed E-state index contributed by atoms with van der Waals surface area (Å²) in [5, 5.41) is 24.9. The first kappa shape index (κ1) is 19.1. The number of hydrogen-bond donors (Lipinski definition) is 3. The third kappa shape index (κ3) is 3.56. The zero-order valence-corrected chi connectivity index (χ0v) is 16.2. The van der Waals surface area contributed by atoms with Crippen LogP contribution in [-0.4, -0.2) is 33.4 Å². The Morgan fingerprint density at radius 2 is 2.00 bits per heavy atom. The number of benzene rings is 1. The van der Waals surface area contributed by atoms with Gasteiger partial charge < -0.3 is 20.3 Å². The molecule has 2 atom stereocenters. The molecule has 3 N–H and O–H groups in total. The molecule has 142 valence electrons. The molecule has 0 fully saturated rings. The van der Waals surface area contributed by atoms with Crippen molar-refractivity contribution in [2.75, 3.05) is 6.54 Å². The van der Waals surface area contributed by atoms with Crippen LogP contribution in [0.25, 0.3) is 10.9 Å². The summed E-state index contributed by atoms with van der Waals surface area (Å²) >= 11 is 0. The predicted octanol–water partition coefficient (Wildman–Crippen LogP) is 3.39. The highest BCUT2D eigenvalue weighted by atomic mass is 16.5. The maximum atomic E-state index is 10.9. The monoisotopic (exact) mass is 358 g/mol. The van der Waals surface area contributed by atoms with Crippen LogP contribution in [0, 0.1) is 6.92 Å².